The molecule has 1 aromatic heterocycles. The summed E-state index contributed by atoms with van der Waals surface area (Å²) in [5, 5.41) is 14.9. The van der Waals surface area contributed by atoms with Gasteiger partial charge in [-0.3, -0.25) is 14.5 Å². The highest BCUT2D eigenvalue weighted by atomic mass is 19.1. The van der Waals surface area contributed by atoms with Gasteiger partial charge in [0.25, 0.3) is 5.78 Å². The van der Waals surface area contributed by atoms with E-state index in [4.69, 9.17) is 14.0 Å². The van der Waals surface area contributed by atoms with Crippen LogP contribution in [0.5, 0.6) is 11.5 Å². The van der Waals surface area contributed by atoms with Gasteiger partial charge in [-0.2, -0.15) is 0 Å². The number of methoxy groups -OCH3 is 2. The summed E-state index contributed by atoms with van der Waals surface area (Å²) in [7, 11) is 2.94. The number of hydrogen-bond donors (Lipinski definition) is 1. The molecule has 0 radical (unpaired) electrons. The fourth-order valence-electron chi connectivity index (χ4n) is 3.64. The Morgan fingerprint density at radius 3 is 2.34 bits per heavy atom. The first-order chi connectivity index (χ1) is 15.3. The summed E-state index contributed by atoms with van der Waals surface area (Å²) < 4.78 is 29.1. The highest BCUT2D eigenvalue weighted by Gasteiger charge is 2.48. The number of halogens is 1. The number of nitrogens with zero attached hydrogens (tertiary/aromatic N) is 2. The smallest absolute Gasteiger partial charge is 0.301 e. The van der Waals surface area contributed by atoms with Crippen LogP contribution < -0.4 is 14.4 Å². The molecule has 4 rings (SSSR count). The second-order valence-electron chi connectivity index (χ2n) is 7.09. The van der Waals surface area contributed by atoms with E-state index < -0.39 is 29.3 Å². The fourth-order valence-corrected chi connectivity index (χ4v) is 3.64. The zero-order chi connectivity index (χ0) is 23.0. The van der Waals surface area contributed by atoms with Crippen LogP contribution in [0, 0.1) is 12.7 Å². The van der Waals surface area contributed by atoms with Crippen molar-refractivity contribution in [1.29, 1.82) is 0 Å². The van der Waals surface area contributed by atoms with Crippen LogP contribution >= 0.6 is 0 Å². The van der Waals surface area contributed by atoms with Crippen molar-refractivity contribution in [3.05, 3.63) is 76.8 Å². The number of anilines is 1. The number of rotatable bonds is 5. The number of amides is 1. The molecule has 1 aliphatic heterocycles. The number of aliphatic hydroxyl groups is 1. The standard InChI is InChI=1S/C23H19FN2O6/c1-12-10-18(25-32-12)26-20(14-6-9-16(30-2)17(11-14)31-3)19(22(28)23(26)29)21(27)13-4-7-15(24)8-5-13/h4-11,20,27H,1-3H3. The zero-order valence-corrected chi connectivity index (χ0v) is 17.5. The average molecular weight is 438 g/mol. The topological polar surface area (TPSA) is 102 Å². The lowest BCUT2D eigenvalue weighted by Crippen LogP contribution is -2.29. The lowest BCUT2D eigenvalue weighted by Gasteiger charge is -2.23. The van der Waals surface area contributed by atoms with E-state index in [-0.39, 0.29) is 17.0 Å². The molecule has 1 N–H and O–H groups in total. The Kier molecular flexibility index (Phi) is 5.40. The van der Waals surface area contributed by atoms with Crippen molar-refractivity contribution >= 4 is 23.3 Å². The molecule has 3 aromatic rings. The number of aliphatic hydroxyl groups excluding tert-OH is 1. The molecule has 9 heteroatoms. The van der Waals surface area contributed by atoms with Gasteiger partial charge in [-0.15, -0.1) is 0 Å². The van der Waals surface area contributed by atoms with Gasteiger partial charge in [-0.1, -0.05) is 11.2 Å². The maximum Gasteiger partial charge on any atom is 0.301 e. The van der Waals surface area contributed by atoms with E-state index in [2.05, 4.69) is 5.16 Å². The van der Waals surface area contributed by atoms with Gasteiger partial charge in [0, 0.05) is 11.6 Å². The third-order valence-electron chi connectivity index (χ3n) is 5.15. The minimum Gasteiger partial charge on any atom is -0.507 e. The van der Waals surface area contributed by atoms with Crippen molar-refractivity contribution in [3.8, 4) is 11.5 Å². The van der Waals surface area contributed by atoms with Gasteiger partial charge in [0.2, 0.25) is 0 Å². The fraction of sp³-hybridized carbons (Fsp3) is 0.174. The van der Waals surface area contributed by atoms with Crippen LogP contribution in [0.15, 0.2) is 58.6 Å². The molecule has 0 bridgehead atoms. The Labute approximate surface area is 182 Å². The van der Waals surface area contributed by atoms with Gasteiger partial charge in [-0.25, -0.2) is 4.39 Å². The molecule has 1 amide bonds. The molecule has 1 unspecified atom stereocenters. The molecule has 2 heterocycles. The highest BCUT2D eigenvalue weighted by molar-refractivity contribution is 6.51. The first kappa shape index (κ1) is 21.1. The Morgan fingerprint density at radius 2 is 1.75 bits per heavy atom. The van der Waals surface area contributed by atoms with Gasteiger partial charge in [-0.05, 0) is 48.9 Å². The number of Topliss-reactive ketones (excluding diaryl/α,β-unsaturated/α-hetero) is 1. The highest BCUT2D eigenvalue weighted by Crippen LogP contribution is 2.43. The number of aromatic nitrogens is 1. The predicted octanol–water partition coefficient (Wildman–Crippen LogP) is 3.77. The molecule has 2 aromatic carbocycles. The second-order valence-corrected chi connectivity index (χ2v) is 7.09. The Bertz CT molecular complexity index is 1230. The third-order valence-corrected chi connectivity index (χ3v) is 5.15. The number of benzene rings is 2. The summed E-state index contributed by atoms with van der Waals surface area (Å²) in [6.45, 7) is 1.65. The lowest BCUT2D eigenvalue weighted by molar-refractivity contribution is -0.132. The first-order valence-electron chi connectivity index (χ1n) is 9.58. The summed E-state index contributed by atoms with van der Waals surface area (Å²) in [6, 6.07) is 10.3. The number of ether oxygens (including phenoxy) is 2. The summed E-state index contributed by atoms with van der Waals surface area (Å²) in [5.41, 5.74) is 0.479. The van der Waals surface area contributed by atoms with Crippen molar-refractivity contribution in [3.63, 3.8) is 0 Å². The van der Waals surface area contributed by atoms with Crippen LogP contribution in [0.2, 0.25) is 0 Å². The van der Waals surface area contributed by atoms with E-state index in [1.54, 1.807) is 25.1 Å². The number of carbonyl (C=O) groups excluding carboxylic acids is 2. The molecular weight excluding hydrogens is 419 g/mol. The normalized spacial score (nSPS) is 17.6. The van der Waals surface area contributed by atoms with Gasteiger partial charge in [0.05, 0.1) is 25.8 Å². The zero-order valence-electron chi connectivity index (χ0n) is 17.5. The number of hydrogen-bond acceptors (Lipinski definition) is 7. The molecule has 8 nitrogen and oxygen atoms in total. The van der Waals surface area contributed by atoms with Crippen molar-refractivity contribution in [2.45, 2.75) is 13.0 Å². The van der Waals surface area contributed by atoms with Crippen LogP contribution in [-0.2, 0) is 9.59 Å². The second kappa shape index (κ2) is 8.18. The maximum atomic E-state index is 13.4. The average Bonchev–Trinajstić information content (AvgIpc) is 3.34. The molecule has 1 saturated heterocycles. The molecule has 1 fully saturated rings. The molecule has 164 valence electrons. The number of ketones is 1. The third kappa shape index (κ3) is 3.47. The molecule has 0 aliphatic carbocycles. The van der Waals surface area contributed by atoms with E-state index in [1.165, 1.54) is 32.4 Å². The molecule has 1 atom stereocenters. The summed E-state index contributed by atoms with van der Waals surface area (Å²) >= 11 is 0. The van der Waals surface area contributed by atoms with E-state index >= 15 is 0 Å². The van der Waals surface area contributed by atoms with E-state index in [0.717, 1.165) is 17.0 Å². The molecule has 0 spiro atoms. The van der Waals surface area contributed by atoms with Crippen LogP contribution in [0.25, 0.3) is 5.76 Å². The number of carbonyl (C=O) groups is 2. The van der Waals surface area contributed by atoms with Gasteiger partial charge >= 0.3 is 5.91 Å². The predicted molar refractivity (Wildman–Crippen MR) is 112 cm³/mol. The van der Waals surface area contributed by atoms with E-state index in [1.807, 2.05) is 0 Å². The van der Waals surface area contributed by atoms with Crippen molar-refractivity contribution in [2.24, 2.45) is 0 Å². The maximum absolute atomic E-state index is 13.4. The lowest BCUT2D eigenvalue weighted by atomic mass is 9.95. The van der Waals surface area contributed by atoms with Gasteiger partial charge in [0.15, 0.2) is 17.3 Å². The quantitative estimate of drug-likeness (QED) is 0.368. The van der Waals surface area contributed by atoms with E-state index in [9.17, 15) is 19.1 Å². The van der Waals surface area contributed by atoms with Crippen molar-refractivity contribution in [1.82, 2.24) is 5.16 Å². The molecular formula is C23H19FN2O6. The Balaban J connectivity index is 1.95. The minimum atomic E-state index is -1.04. The number of aryl methyl sites for hydroxylation is 1. The van der Waals surface area contributed by atoms with Crippen LogP contribution in [0.4, 0.5) is 10.2 Å². The Morgan fingerprint density at radius 1 is 1.06 bits per heavy atom. The SMILES string of the molecule is COc1ccc(C2C(=C(O)c3ccc(F)cc3)C(=O)C(=O)N2c2cc(C)on2)cc1OC. The van der Waals surface area contributed by atoms with Crippen molar-refractivity contribution in [2.75, 3.05) is 19.1 Å². The van der Waals surface area contributed by atoms with Gasteiger partial charge in [0.1, 0.15) is 17.3 Å². The van der Waals surface area contributed by atoms with E-state index in [0.29, 0.717) is 22.8 Å². The minimum absolute atomic E-state index is 0.113. The van der Waals surface area contributed by atoms with Crippen LogP contribution in [0.3, 0.4) is 0 Å². The van der Waals surface area contributed by atoms with Crippen molar-refractivity contribution < 1.29 is 33.1 Å². The summed E-state index contributed by atoms with van der Waals surface area (Å²) in [6.07, 6.45) is 0. The summed E-state index contributed by atoms with van der Waals surface area (Å²) in [5.74, 6) is -1.37. The first-order valence-corrected chi connectivity index (χ1v) is 9.58. The summed E-state index contributed by atoms with van der Waals surface area (Å²) in [4.78, 5) is 27.2. The molecule has 32 heavy (non-hydrogen) atoms. The monoisotopic (exact) mass is 438 g/mol. The Hall–Kier alpha value is -4.14. The molecule has 0 saturated carbocycles. The van der Waals surface area contributed by atoms with Gasteiger partial charge < -0.3 is 19.1 Å². The van der Waals surface area contributed by atoms with Crippen LogP contribution in [0.1, 0.15) is 22.9 Å². The molecule has 1 aliphatic rings. The largest absolute Gasteiger partial charge is 0.507 e. The van der Waals surface area contributed by atoms with Crippen LogP contribution in [-0.4, -0.2) is 36.2 Å².